The van der Waals surface area contributed by atoms with Gasteiger partial charge in [0.25, 0.3) is 0 Å². The van der Waals surface area contributed by atoms with Crippen LogP contribution in [0.2, 0.25) is 0 Å². The molecule has 1 aromatic rings. The lowest BCUT2D eigenvalue weighted by Crippen LogP contribution is -2.31. The number of hydrogen-bond donors (Lipinski definition) is 1. The summed E-state index contributed by atoms with van der Waals surface area (Å²) in [7, 11) is 1.48. The van der Waals surface area contributed by atoms with Crippen LogP contribution in [0.5, 0.6) is 0 Å². The number of carboxylic acids is 1. The summed E-state index contributed by atoms with van der Waals surface area (Å²) in [4.78, 5) is 24.3. The highest BCUT2D eigenvalue weighted by Gasteiger charge is 2.69. The fourth-order valence-electron chi connectivity index (χ4n) is 2.83. The fourth-order valence-corrected chi connectivity index (χ4v) is 2.83. The molecule has 1 fully saturated rings. The number of carbonyl (C=O) groups excluding carboxylic acids is 1. The molecule has 2 unspecified atom stereocenters. The van der Waals surface area contributed by atoms with Crippen molar-refractivity contribution in [2.24, 2.45) is 5.92 Å². The molecule has 1 heterocycles. The molecule has 4 nitrogen and oxygen atoms in total. The van der Waals surface area contributed by atoms with Gasteiger partial charge in [0.2, 0.25) is 5.91 Å². The van der Waals surface area contributed by atoms with Crippen molar-refractivity contribution in [2.75, 3.05) is 11.9 Å². The summed E-state index contributed by atoms with van der Waals surface area (Å²) in [6.45, 7) is 0. The largest absolute Gasteiger partial charge is 0.481 e. The van der Waals surface area contributed by atoms with Crippen LogP contribution in [0.1, 0.15) is 12.0 Å². The zero-order valence-electron chi connectivity index (χ0n) is 9.11. The van der Waals surface area contributed by atoms with Crippen LogP contribution in [0.25, 0.3) is 0 Å². The van der Waals surface area contributed by atoms with Crippen LogP contribution in [0, 0.1) is 11.7 Å². The molecule has 1 aliphatic heterocycles. The van der Waals surface area contributed by atoms with Gasteiger partial charge in [0.05, 0.1) is 17.0 Å². The molecule has 1 aliphatic carbocycles. The number of halogens is 1. The third-order valence-corrected chi connectivity index (χ3v) is 3.75. The van der Waals surface area contributed by atoms with Gasteiger partial charge in [0.1, 0.15) is 5.82 Å². The summed E-state index contributed by atoms with van der Waals surface area (Å²) in [5.41, 5.74) is -0.281. The van der Waals surface area contributed by atoms with Gasteiger partial charge in [-0.2, -0.15) is 0 Å². The van der Waals surface area contributed by atoms with Crippen molar-refractivity contribution >= 4 is 17.6 Å². The second kappa shape index (κ2) is 2.85. The third-order valence-electron chi connectivity index (χ3n) is 3.75. The molecule has 2 atom stereocenters. The number of nitrogens with zero attached hydrogens (tertiary/aromatic N) is 1. The Balaban J connectivity index is 2.21. The van der Waals surface area contributed by atoms with Gasteiger partial charge in [0, 0.05) is 7.05 Å². The molecule has 17 heavy (non-hydrogen) atoms. The zero-order valence-corrected chi connectivity index (χ0v) is 9.11. The number of carbonyl (C=O) groups is 2. The molecule has 2 aliphatic rings. The normalized spacial score (nSPS) is 29.6. The van der Waals surface area contributed by atoms with Crippen LogP contribution >= 0.6 is 0 Å². The van der Waals surface area contributed by atoms with Crippen LogP contribution in [0.15, 0.2) is 18.2 Å². The van der Waals surface area contributed by atoms with E-state index in [2.05, 4.69) is 0 Å². The lowest BCUT2D eigenvalue weighted by Gasteiger charge is -2.10. The van der Waals surface area contributed by atoms with Gasteiger partial charge in [-0.3, -0.25) is 9.59 Å². The number of para-hydroxylation sites is 1. The van der Waals surface area contributed by atoms with Crippen molar-refractivity contribution in [3.63, 3.8) is 0 Å². The van der Waals surface area contributed by atoms with E-state index in [1.807, 2.05) is 0 Å². The monoisotopic (exact) mass is 235 g/mol. The Bertz CT molecular complexity index is 557. The number of hydrogen-bond acceptors (Lipinski definition) is 2. The van der Waals surface area contributed by atoms with Crippen LogP contribution in [-0.2, 0) is 15.0 Å². The van der Waals surface area contributed by atoms with Gasteiger partial charge in [-0.05, 0) is 18.1 Å². The molecule has 88 valence electrons. The first kappa shape index (κ1) is 10.3. The van der Waals surface area contributed by atoms with E-state index in [0.29, 0.717) is 5.56 Å². The number of fused-ring (bicyclic) bond motifs is 2. The van der Waals surface area contributed by atoms with Crippen LogP contribution in [0.3, 0.4) is 0 Å². The van der Waals surface area contributed by atoms with E-state index in [-0.39, 0.29) is 18.0 Å². The second-order valence-corrected chi connectivity index (χ2v) is 4.57. The van der Waals surface area contributed by atoms with Crippen molar-refractivity contribution in [3.8, 4) is 0 Å². The first-order chi connectivity index (χ1) is 8.00. The fraction of sp³-hybridized carbons (Fsp3) is 0.333. The van der Waals surface area contributed by atoms with Crippen LogP contribution in [-0.4, -0.2) is 24.0 Å². The standard InChI is InChI=1S/C12H10FNO3/c1-14-9-6(3-2-4-8(9)13)12(11(14)17)5-7(12)10(15)16/h2-4,7H,5H2,1H3,(H,15,16). The Hall–Kier alpha value is -1.91. The van der Waals surface area contributed by atoms with E-state index in [9.17, 15) is 14.0 Å². The quantitative estimate of drug-likeness (QED) is 0.794. The minimum Gasteiger partial charge on any atom is -0.481 e. The molecule has 1 spiro atoms. The second-order valence-electron chi connectivity index (χ2n) is 4.57. The Kier molecular flexibility index (Phi) is 1.72. The Morgan fingerprint density at radius 1 is 1.59 bits per heavy atom. The van der Waals surface area contributed by atoms with Gasteiger partial charge in [-0.1, -0.05) is 12.1 Å². The first-order valence-electron chi connectivity index (χ1n) is 5.30. The van der Waals surface area contributed by atoms with Crippen molar-refractivity contribution in [3.05, 3.63) is 29.6 Å². The molecule has 0 saturated heterocycles. The maximum atomic E-state index is 13.7. The Labute approximate surface area is 96.7 Å². The molecule has 1 aromatic carbocycles. The highest BCUT2D eigenvalue weighted by molar-refractivity contribution is 6.13. The minimum atomic E-state index is -1.02. The topological polar surface area (TPSA) is 57.6 Å². The van der Waals surface area contributed by atoms with E-state index in [0.717, 1.165) is 0 Å². The van der Waals surface area contributed by atoms with Gasteiger partial charge >= 0.3 is 5.97 Å². The lowest BCUT2D eigenvalue weighted by molar-refractivity contribution is -0.140. The maximum absolute atomic E-state index is 13.7. The van der Waals surface area contributed by atoms with Crippen LogP contribution < -0.4 is 4.90 Å². The molecule has 0 aromatic heterocycles. The van der Waals surface area contributed by atoms with Crippen LogP contribution in [0.4, 0.5) is 10.1 Å². The number of anilines is 1. The lowest BCUT2D eigenvalue weighted by atomic mass is 9.95. The Morgan fingerprint density at radius 2 is 2.29 bits per heavy atom. The molecular formula is C12H10FNO3. The summed E-state index contributed by atoms with van der Waals surface area (Å²) >= 11 is 0. The number of benzene rings is 1. The van der Waals surface area contributed by atoms with Crippen molar-refractivity contribution < 1.29 is 19.1 Å². The number of rotatable bonds is 1. The average Bonchev–Trinajstić information content (AvgIpc) is 2.99. The molecule has 0 radical (unpaired) electrons. The summed E-state index contributed by atoms with van der Waals surface area (Å²) in [5.74, 6) is -2.51. The maximum Gasteiger partial charge on any atom is 0.307 e. The number of aliphatic carboxylic acids is 1. The summed E-state index contributed by atoms with van der Waals surface area (Å²) < 4.78 is 13.7. The molecular weight excluding hydrogens is 225 g/mol. The SMILES string of the molecule is CN1C(=O)C2(CC2C(=O)O)c2cccc(F)c21. The van der Waals surface area contributed by atoms with E-state index < -0.39 is 23.1 Å². The predicted molar refractivity (Wildman–Crippen MR) is 57.2 cm³/mol. The van der Waals surface area contributed by atoms with E-state index in [1.54, 1.807) is 6.07 Å². The van der Waals surface area contributed by atoms with Gasteiger partial charge in [-0.15, -0.1) is 0 Å². The summed E-state index contributed by atoms with van der Waals surface area (Å²) in [5, 5.41) is 9.01. The van der Waals surface area contributed by atoms with Crippen molar-refractivity contribution in [2.45, 2.75) is 11.8 Å². The minimum absolute atomic E-state index is 0.223. The number of amides is 1. The number of likely N-dealkylation sites (N-methyl/N-ethyl adjacent to an activating group) is 1. The van der Waals surface area contributed by atoms with Gasteiger partial charge in [0.15, 0.2) is 0 Å². The molecule has 3 rings (SSSR count). The molecule has 1 amide bonds. The first-order valence-corrected chi connectivity index (χ1v) is 5.30. The summed E-state index contributed by atoms with van der Waals surface area (Å²) in [6, 6.07) is 4.43. The number of carboxylic acid groups (broad SMARTS) is 1. The summed E-state index contributed by atoms with van der Waals surface area (Å²) in [6.07, 6.45) is 0.266. The Morgan fingerprint density at radius 3 is 2.88 bits per heavy atom. The zero-order chi connectivity index (χ0) is 12.4. The highest BCUT2D eigenvalue weighted by atomic mass is 19.1. The average molecular weight is 235 g/mol. The smallest absolute Gasteiger partial charge is 0.307 e. The highest BCUT2D eigenvalue weighted by Crippen LogP contribution is 2.61. The van der Waals surface area contributed by atoms with Crippen molar-refractivity contribution in [1.29, 1.82) is 0 Å². The van der Waals surface area contributed by atoms with E-state index in [1.165, 1.54) is 24.1 Å². The van der Waals surface area contributed by atoms with Gasteiger partial charge in [-0.25, -0.2) is 4.39 Å². The predicted octanol–water partition coefficient (Wildman–Crippen LogP) is 1.14. The molecule has 1 saturated carbocycles. The van der Waals surface area contributed by atoms with E-state index >= 15 is 0 Å². The molecule has 1 N–H and O–H groups in total. The van der Waals surface area contributed by atoms with Gasteiger partial charge < -0.3 is 10.0 Å². The van der Waals surface area contributed by atoms with E-state index in [4.69, 9.17) is 5.11 Å². The third kappa shape index (κ3) is 1.01. The van der Waals surface area contributed by atoms with Crippen molar-refractivity contribution in [1.82, 2.24) is 0 Å². The molecule has 0 bridgehead atoms. The molecule has 5 heteroatoms.